The Balaban J connectivity index is 1.64. The third kappa shape index (κ3) is 3.30. The Morgan fingerprint density at radius 1 is 1.11 bits per heavy atom. The van der Waals surface area contributed by atoms with Crippen LogP contribution in [0.1, 0.15) is 30.1 Å². The number of rotatable bonds is 3. The van der Waals surface area contributed by atoms with Gasteiger partial charge >= 0.3 is 5.69 Å². The van der Waals surface area contributed by atoms with Crippen LogP contribution >= 0.6 is 0 Å². The van der Waals surface area contributed by atoms with Crippen molar-refractivity contribution in [2.45, 2.75) is 25.3 Å². The highest BCUT2D eigenvalue weighted by Gasteiger charge is 2.23. The normalized spacial score (nSPS) is 18.1. The highest BCUT2D eigenvalue weighted by molar-refractivity contribution is 5.74. The molecule has 0 saturated carbocycles. The molecule has 1 aliphatic rings. The highest BCUT2D eigenvalue weighted by Crippen LogP contribution is 2.27. The average molecular weight is 365 g/mol. The summed E-state index contributed by atoms with van der Waals surface area (Å²) in [6.45, 7) is 2.76. The predicted molar refractivity (Wildman–Crippen MR) is 104 cm³/mol. The molecule has 4 heterocycles. The smallest absolute Gasteiger partial charge is 0.297 e. The number of piperidine rings is 1. The summed E-state index contributed by atoms with van der Waals surface area (Å²) in [4.78, 5) is 36.1. The van der Waals surface area contributed by atoms with Crippen molar-refractivity contribution in [3.8, 4) is 0 Å². The molecule has 0 bridgehead atoms. The third-order valence-electron chi connectivity index (χ3n) is 5.36. The summed E-state index contributed by atoms with van der Waals surface area (Å²) < 4.78 is 2.58. The zero-order chi connectivity index (χ0) is 19.0. The lowest BCUT2D eigenvalue weighted by atomic mass is 9.94. The molecule has 0 N–H and O–H groups in total. The van der Waals surface area contributed by atoms with Crippen molar-refractivity contribution in [2.24, 2.45) is 14.1 Å². The highest BCUT2D eigenvalue weighted by atomic mass is 16.2. The minimum absolute atomic E-state index is 0.283. The first-order valence-corrected chi connectivity index (χ1v) is 9.23. The van der Waals surface area contributed by atoms with E-state index in [1.165, 1.54) is 11.6 Å². The van der Waals surface area contributed by atoms with Crippen molar-refractivity contribution in [1.82, 2.24) is 24.0 Å². The minimum Gasteiger partial charge on any atom is -0.297 e. The second-order valence-electron chi connectivity index (χ2n) is 7.21. The summed E-state index contributed by atoms with van der Waals surface area (Å²) in [5.74, 6) is 0.283. The van der Waals surface area contributed by atoms with E-state index in [-0.39, 0.29) is 17.2 Å². The first-order valence-electron chi connectivity index (χ1n) is 9.23. The van der Waals surface area contributed by atoms with Gasteiger partial charge in [-0.2, -0.15) is 0 Å². The van der Waals surface area contributed by atoms with Gasteiger partial charge in [-0.1, -0.05) is 6.07 Å². The van der Waals surface area contributed by atoms with E-state index >= 15 is 0 Å². The van der Waals surface area contributed by atoms with Gasteiger partial charge < -0.3 is 0 Å². The van der Waals surface area contributed by atoms with E-state index in [1.807, 2.05) is 30.5 Å². The Labute approximate surface area is 156 Å². The molecule has 1 fully saturated rings. The molecule has 1 atom stereocenters. The van der Waals surface area contributed by atoms with Crippen molar-refractivity contribution in [3.05, 3.63) is 68.8 Å². The maximum atomic E-state index is 12.3. The van der Waals surface area contributed by atoms with Crippen LogP contribution in [0.25, 0.3) is 11.0 Å². The second kappa shape index (κ2) is 7.08. The summed E-state index contributed by atoms with van der Waals surface area (Å²) in [7, 11) is 3.16. The molecule has 1 saturated heterocycles. The summed E-state index contributed by atoms with van der Waals surface area (Å²) in [6, 6.07) is 9.72. The van der Waals surface area contributed by atoms with Gasteiger partial charge in [-0.05, 0) is 43.7 Å². The molecule has 7 nitrogen and oxygen atoms in total. The van der Waals surface area contributed by atoms with Gasteiger partial charge in [-0.3, -0.25) is 23.8 Å². The van der Waals surface area contributed by atoms with Crippen LogP contribution in [0.5, 0.6) is 0 Å². The molecule has 27 heavy (non-hydrogen) atoms. The summed E-state index contributed by atoms with van der Waals surface area (Å²) >= 11 is 0. The topological polar surface area (TPSA) is 73.0 Å². The number of aromatic nitrogens is 4. The quantitative estimate of drug-likeness (QED) is 0.702. The van der Waals surface area contributed by atoms with Crippen LogP contribution in [-0.2, 0) is 20.6 Å². The van der Waals surface area contributed by atoms with Crippen molar-refractivity contribution in [1.29, 1.82) is 0 Å². The van der Waals surface area contributed by atoms with Crippen LogP contribution in [0.4, 0.5) is 0 Å². The maximum Gasteiger partial charge on any atom is 0.332 e. The standard InChI is InChI=1S/C20H23N5O2/c1-23-18-16(19(26)24(2)20(23)27)8-9-17(22-18)14-6-5-11-25(12-14)13-15-7-3-4-10-21-15/h3-4,7-10,14H,5-6,11-13H2,1-2H3/t14-/m0/s1. The summed E-state index contributed by atoms with van der Waals surface area (Å²) in [5, 5.41) is 0.476. The number of aryl methyl sites for hydroxylation is 1. The van der Waals surface area contributed by atoms with Gasteiger partial charge in [-0.25, -0.2) is 9.78 Å². The Morgan fingerprint density at radius 2 is 1.96 bits per heavy atom. The minimum atomic E-state index is -0.349. The molecule has 0 spiro atoms. The summed E-state index contributed by atoms with van der Waals surface area (Å²) in [6.07, 6.45) is 3.96. The van der Waals surface area contributed by atoms with Crippen molar-refractivity contribution < 1.29 is 0 Å². The average Bonchev–Trinajstić information content (AvgIpc) is 2.71. The van der Waals surface area contributed by atoms with Crippen molar-refractivity contribution in [3.63, 3.8) is 0 Å². The monoisotopic (exact) mass is 365 g/mol. The molecule has 0 aliphatic carbocycles. The number of likely N-dealkylation sites (tertiary alicyclic amines) is 1. The fourth-order valence-corrected chi connectivity index (χ4v) is 3.86. The van der Waals surface area contributed by atoms with Gasteiger partial charge in [0.1, 0.15) is 5.65 Å². The fourth-order valence-electron chi connectivity index (χ4n) is 3.86. The molecule has 0 radical (unpaired) electrons. The molecule has 0 amide bonds. The molecular formula is C20H23N5O2. The van der Waals surface area contributed by atoms with Gasteiger partial charge in [0.2, 0.25) is 0 Å². The van der Waals surface area contributed by atoms with E-state index < -0.39 is 0 Å². The van der Waals surface area contributed by atoms with Gasteiger partial charge in [0.05, 0.1) is 11.1 Å². The fraction of sp³-hybridized carbons (Fsp3) is 0.400. The number of hydrogen-bond acceptors (Lipinski definition) is 5. The first-order chi connectivity index (χ1) is 13.0. The first kappa shape index (κ1) is 17.6. The zero-order valence-corrected chi connectivity index (χ0v) is 15.6. The van der Waals surface area contributed by atoms with Crippen LogP contribution in [-0.4, -0.2) is 37.1 Å². The van der Waals surface area contributed by atoms with E-state index in [1.54, 1.807) is 13.1 Å². The summed E-state index contributed by atoms with van der Waals surface area (Å²) in [5.41, 5.74) is 1.82. The van der Waals surface area contributed by atoms with Gasteiger partial charge in [0, 0.05) is 45.0 Å². The van der Waals surface area contributed by atoms with Crippen LogP contribution in [0.15, 0.2) is 46.1 Å². The largest absolute Gasteiger partial charge is 0.332 e. The molecule has 0 aromatic carbocycles. The van der Waals surface area contributed by atoms with Crippen LogP contribution in [0.3, 0.4) is 0 Å². The Hall–Kier alpha value is -2.80. The number of hydrogen-bond donors (Lipinski definition) is 0. The molecule has 4 rings (SSSR count). The van der Waals surface area contributed by atoms with Gasteiger partial charge in [0.25, 0.3) is 5.56 Å². The Bertz CT molecular complexity index is 1090. The van der Waals surface area contributed by atoms with Crippen molar-refractivity contribution >= 4 is 11.0 Å². The lowest BCUT2D eigenvalue weighted by Crippen LogP contribution is -2.38. The molecule has 1 aliphatic heterocycles. The second-order valence-corrected chi connectivity index (χ2v) is 7.21. The Kier molecular flexibility index (Phi) is 4.61. The van der Waals surface area contributed by atoms with Gasteiger partial charge in [0.15, 0.2) is 0 Å². The lowest BCUT2D eigenvalue weighted by molar-refractivity contribution is 0.196. The molecule has 140 valence electrons. The van der Waals surface area contributed by atoms with E-state index in [0.717, 1.165) is 48.4 Å². The third-order valence-corrected chi connectivity index (χ3v) is 5.36. The van der Waals surface area contributed by atoms with Gasteiger partial charge in [-0.15, -0.1) is 0 Å². The van der Waals surface area contributed by atoms with E-state index in [9.17, 15) is 9.59 Å². The van der Waals surface area contributed by atoms with Crippen LogP contribution in [0, 0.1) is 0 Å². The predicted octanol–water partition coefficient (Wildman–Crippen LogP) is 1.41. The van der Waals surface area contributed by atoms with Crippen molar-refractivity contribution in [2.75, 3.05) is 13.1 Å². The molecule has 3 aromatic heterocycles. The van der Waals surface area contributed by atoms with Crippen LogP contribution < -0.4 is 11.2 Å². The molecule has 7 heteroatoms. The van der Waals surface area contributed by atoms with E-state index in [2.05, 4.69) is 9.88 Å². The SMILES string of the molecule is Cn1c(=O)c2ccc([C@H]3CCCN(Cc4ccccn4)C3)nc2n(C)c1=O. The molecular weight excluding hydrogens is 342 g/mol. The maximum absolute atomic E-state index is 12.3. The molecule has 3 aromatic rings. The number of fused-ring (bicyclic) bond motifs is 1. The Morgan fingerprint density at radius 3 is 2.74 bits per heavy atom. The number of pyridine rings is 2. The van der Waals surface area contributed by atoms with E-state index in [0.29, 0.717) is 11.0 Å². The zero-order valence-electron chi connectivity index (χ0n) is 15.6. The molecule has 0 unspecified atom stereocenters. The number of nitrogens with zero attached hydrogens (tertiary/aromatic N) is 5. The van der Waals surface area contributed by atoms with Crippen LogP contribution in [0.2, 0.25) is 0 Å². The van der Waals surface area contributed by atoms with E-state index in [4.69, 9.17) is 4.98 Å². The lowest BCUT2D eigenvalue weighted by Gasteiger charge is -2.32.